The molecule has 2 atom stereocenters. The number of hydrogen-bond donors (Lipinski definition) is 1. The van der Waals surface area contributed by atoms with Crippen molar-refractivity contribution in [3.05, 3.63) is 94.8 Å². The summed E-state index contributed by atoms with van der Waals surface area (Å²) in [6.45, 7) is 1.67. The number of benzene rings is 3. The normalized spacial score (nSPS) is 17.8. The SMILES string of the molecule is COc1ccc([C@H]2[C@@H](C(=O)Nc3ccc(C)c(F)c3)c3ccccc3C(=O)N2C)cc1. The van der Waals surface area contributed by atoms with Gasteiger partial charge in [0.2, 0.25) is 5.91 Å². The Hall–Kier alpha value is -3.67. The van der Waals surface area contributed by atoms with E-state index in [1.807, 2.05) is 18.2 Å². The number of halogens is 1. The van der Waals surface area contributed by atoms with Crippen LogP contribution in [0.4, 0.5) is 10.1 Å². The number of carbonyl (C=O) groups excluding carboxylic acids is 2. The molecule has 0 fully saturated rings. The molecule has 31 heavy (non-hydrogen) atoms. The van der Waals surface area contributed by atoms with Crippen molar-refractivity contribution >= 4 is 17.5 Å². The summed E-state index contributed by atoms with van der Waals surface area (Å²) < 4.78 is 19.3. The summed E-state index contributed by atoms with van der Waals surface area (Å²) >= 11 is 0. The molecule has 0 saturated heterocycles. The van der Waals surface area contributed by atoms with Gasteiger partial charge in [-0.3, -0.25) is 9.59 Å². The number of nitrogens with zero attached hydrogens (tertiary/aromatic N) is 1. The van der Waals surface area contributed by atoms with Crippen LogP contribution in [-0.2, 0) is 4.79 Å². The molecule has 1 aliphatic heterocycles. The zero-order valence-corrected chi connectivity index (χ0v) is 17.6. The average molecular weight is 418 g/mol. The number of methoxy groups -OCH3 is 1. The van der Waals surface area contributed by atoms with Crippen molar-refractivity contribution in [2.45, 2.75) is 18.9 Å². The van der Waals surface area contributed by atoms with Crippen LogP contribution >= 0.6 is 0 Å². The Morgan fingerprint density at radius 2 is 1.77 bits per heavy atom. The minimum absolute atomic E-state index is 0.151. The lowest BCUT2D eigenvalue weighted by Crippen LogP contribution is -2.44. The van der Waals surface area contributed by atoms with E-state index in [0.717, 1.165) is 5.56 Å². The highest BCUT2D eigenvalue weighted by atomic mass is 19.1. The molecule has 1 heterocycles. The standard InChI is InChI=1S/C25H23FN2O3/c1-15-8-11-17(14-21(15)26)27-24(29)22-19-6-4-5-7-20(19)25(30)28(2)23(22)16-9-12-18(31-3)13-10-16/h4-14,22-23H,1-3H3,(H,27,29)/t22-,23-/m0/s1. The summed E-state index contributed by atoms with van der Waals surface area (Å²) in [6, 6.07) is 18.5. The molecule has 0 aromatic heterocycles. The number of hydrogen-bond acceptors (Lipinski definition) is 3. The Labute approximate surface area is 180 Å². The fourth-order valence-corrected chi connectivity index (χ4v) is 4.07. The maximum Gasteiger partial charge on any atom is 0.254 e. The van der Waals surface area contributed by atoms with Crippen LogP contribution in [0, 0.1) is 12.7 Å². The highest BCUT2D eigenvalue weighted by Crippen LogP contribution is 2.42. The first-order valence-electron chi connectivity index (χ1n) is 9.97. The lowest BCUT2D eigenvalue weighted by atomic mass is 9.79. The Balaban J connectivity index is 1.78. The number of carbonyl (C=O) groups is 2. The molecular formula is C25H23FN2O3. The fourth-order valence-electron chi connectivity index (χ4n) is 4.07. The molecule has 4 rings (SSSR count). The molecule has 3 aromatic rings. The second-order valence-electron chi connectivity index (χ2n) is 7.65. The zero-order valence-electron chi connectivity index (χ0n) is 17.6. The van der Waals surface area contributed by atoms with Crippen LogP contribution in [-0.4, -0.2) is 30.9 Å². The number of nitrogens with one attached hydrogen (secondary N) is 1. The molecule has 6 heteroatoms. The molecule has 0 saturated carbocycles. The third kappa shape index (κ3) is 3.77. The number of amides is 2. The molecule has 5 nitrogen and oxygen atoms in total. The van der Waals surface area contributed by atoms with Gasteiger partial charge in [0.15, 0.2) is 0 Å². The highest BCUT2D eigenvalue weighted by molar-refractivity contribution is 6.04. The second-order valence-corrected chi connectivity index (χ2v) is 7.65. The van der Waals surface area contributed by atoms with Gasteiger partial charge in [-0.15, -0.1) is 0 Å². The largest absolute Gasteiger partial charge is 0.497 e. The Kier molecular flexibility index (Phi) is 5.46. The van der Waals surface area contributed by atoms with Gasteiger partial charge in [0.05, 0.1) is 19.1 Å². The van der Waals surface area contributed by atoms with E-state index in [-0.39, 0.29) is 17.6 Å². The maximum absolute atomic E-state index is 14.0. The Morgan fingerprint density at radius 3 is 2.45 bits per heavy atom. The summed E-state index contributed by atoms with van der Waals surface area (Å²) in [5.41, 5.74) is 2.82. The van der Waals surface area contributed by atoms with Crippen LogP contribution in [0.3, 0.4) is 0 Å². The van der Waals surface area contributed by atoms with Crippen LogP contribution < -0.4 is 10.1 Å². The number of anilines is 1. The van der Waals surface area contributed by atoms with E-state index in [4.69, 9.17) is 4.74 Å². The van der Waals surface area contributed by atoms with Crippen LogP contribution in [0.15, 0.2) is 66.7 Å². The lowest BCUT2D eigenvalue weighted by Gasteiger charge is -2.39. The van der Waals surface area contributed by atoms with Gasteiger partial charge < -0.3 is 15.0 Å². The van der Waals surface area contributed by atoms with Gasteiger partial charge in [0.1, 0.15) is 11.6 Å². The first kappa shape index (κ1) is 20.6. The third-order valence-electron chi connectivity index (χ3n) is 5.76. The minimum Gasteiger partial charge on any atom is -0.497 e. The summed E-state index contributed by atoms with van der Waals surface area (Å²) in [5, 5.41) is 2.84. The molecule has 0 radical (unpaired) electrons. The third-order valence-corrected chi connectivity index (χ3v) is 5.76. The van der Waals surface area contributed by atoms with Crippen molar-refractivity contribution < 1.29 is 18.7 Å². The minimum atomic E-state index is -0.670. The lowest BCUT2D eigenvalue weighted by molar-refractivity contribution is -0.119. The van der Waals surface area contributed by atoms with Crippen LogP contribution in [0.5, 0.6) is 5.75 Å². The van der Waals surface area contributed by atoms with Crippen LogP contribution in [0.1, 0.15) is 39.0 Å². The van der Waals surface area contributed by atoms with Gasteiger partial charge in [0, 0.05) is 18.3 Å². The van der Waals surface area contributed by atoms with Crippen molar-refractivity contribution in [2.24, 2.45) is 0 Å². The molecule has 0 unspecified atom stereocenters. The summed E-state index contributed by atoms with van der Waals surface area (Å²) in [5.74, 6) is -0.833. The maximum atomic E-state index is 14.0. The molecular weight excluding hydrogens is 395 g/mol. The average Bonchev–Trinajstić information content (AvgIpc) is 2.78. The number of fused-ring (bicyclic) bond motifs is 1. The molecule has 0 bridgehead atoms. The van der Waals surface area contributed by atoms with Crippen molar-refractivity contribution in [2.75, 3.05) is 19.5 Å². The predicted molar refractivity (Wildman–Crippen MR) is 117 cm³/mol. The van der Waals surface area contributed by atoms with E-state index in [1.165, 1.54) is 6.07 Å². The summed E-state index contributed by atoms with van der Waals surface area (Å²) in [4.78, 5) is 28.1. The predicted octanol–water partition coefficient (Wildman–Crippen LogP) is 4.69. The number of ether oxygens (including phenoxy) is 1. The molecule has 1 N–H and O–H groups in total. The molecule has 1 aliphatic rings. The molecule has 3 aromatic carbocycles. The number of aryl methyl sites for hydroxylation is 1. The van der Waals surface area contributed by atoms with E-state index >= 15 is 0 Å². The van der Waals surface area contributed by atoms with E-state index in [1.54, 1.807) is 68.4 Å². The molecule has 158 valence electrons. The molecule has 0 aliphatic carbocycles. The highest BCUT2D eigenvalue weighted by Gasteiger charge is 2.42. The van der Waals surface area contributed by atoms with Gasteiger partial charge in [-0.05, 0) is 53.9 Å². The first-order chi connectivity index (χ1) is 14.9. The smallest absolute Gasteiger partial charge is 0.254 e. The van der Waals surface area contributed by atoms with Crippen molar-refractivity contribution in [3.63, 3.8) is 0 Å². The van der Waals surface area contributed by atoms with E-state index in [0.29, 0.717) is 28.1 Å². The van der Waals surface area contributed by atoms with E-state index in [9.17, 15) is 14.0 Å². The number of rotatable bonds is 4. The summed E-state index contributed by atoms with van der Waals surface area (Å²) in [7, 11) is 3.28. The zero-order chi connectivity index (χ0) is 22.1. The molecule has 2 amide bonds. The number of likely N-dealkylation sites (N-methyl/N-ethyl adjacent to an activating group) is 1. The molecule has 0 spiro atoms. The van der Waals surface area contributed by atoms with Crippen molar-refractivity contribution in [3.8, 4) is 5.75 Å². The summed E-state index contributed by atoms with van der Waals surface area (Å²) in [6.07, 6.45) is 0. The Morgan fingerprint density at radius 1 is 1.06 bits per heavy atom. The topological polar surface area (TPSA) is 58.6 Å². The fraction of sp³-hybridized carbons (Fsp3) is 0.200. The van der Waals surface area contributed by atoms with Crippen molar-refractivity contribution in [1.29, 1.82) is 0 Å². The van der Waals surface area contributed by atoms with Crippen molar-refractivity contribution in [1.82, 2.24) is 4.90 Å². The van der Waals surface area contributed by atoms with Gasteiger partial charge in [-0.25, -0.2) is 4.39 Å². The first-order valence-corrected chi connectivity index (χ1v) is 9.97. The van der Waals surface area contributed by atoms with E-state index in [2.05, 4.69) is 5.32 Å². The second kappa shape index (κ2) is 8.22. The van der Waals surface area contributed by atoms with Crippen LogP contribution in [0.25, 0.3) is 0 Å². The van der Waals surface area contributed by atoms with Gasteiger partial charge in [-0.1, -0.05) is 36.4 Å². The van der Waals surface area contributed by atoms with Gasteiger partial charge in [-0.2, -0.15) is 0 Å². The monoisotopic (exact) mass is 418 g/mol. The van der Waals surface area contributed by atoms with E-state index < -0.39 is 12.0 Å². The quantitative estimate of drug-likeness (QED) is 0.669. The van der Waals surface area contributed by atoms with Gasteiger partial charge >= 0.3 is 0 Å². The van der Waals surface area contributed by atoms with Gasteiger partial charge in [0.25, 0.3) is 5.91 Å². The Bertz CT molecular complexity index is 1140. The van der Waals surface area contributed by atoms with Crippen LogP contribution in [0.2, 0.25) is 0 Å².